The second kappa shape index (κ2) is 7.78. The number of nitrogens with one attached hydrogen (secondary N) is 1. The van der Waals surface area contributed by atoms with E-state index in [0.29, 0.717) is 25.0 Å². The third-order valence-electron chi connectivity index (χ3n) is 3.75. The van der Waals surface area contributed by atoms with Gasteiger partial charge in [-0.1, -0.05) is 26.0 Å². The molecule has 21 heavy (non-hydrogen) atoms. The van der Waals surface area contributed by atoms with E-state index >= 15 is 0 Å². The molecule has 0 saturated heterocycles. The maximum absolute atomic E-state index is 12.3. The molecule has 1 aromatic rings. The SMILES string of the molecule is CCC(CC)(CC(=O)O)NC(=O)c1ccc(COC)cc1. The highest BCUT2D eigenvalue weighted by atomic mass is 16.5. The van der Waals surface area contributed by atoms with Crippen LogP contribution in [-0.4, -0.2) is 29.6 Å². The molecule has 5 heteroatoms. The lowest BCUT2D eigenvalue weighted by atomic mass is 9.88. The van der Waals surface area contributed by atoms with E-state index in [1.54, 1.807) is 19.2 Å². The molecule has 0 aliphatic rings. The summed E-state index contributed by atoms with van der Waals surface area (Å²) in [5, 5.41) is 11.9. The summed E-state index contributed by atoms with van der Waals surface area (Å²) in [5.41, 5.74) is 0.803. The van der Waals surface area contributed by atoms with Crippen LogP contribution in [0.5, 0.6) is 0 Å². The highest BCUT2D eigenvalue weighted by Crippen LogP contribution is 2.21. The number of carboxylic acid groups (broad SMARTS) is 1. The van der Waals surface area contributed by atoms with Crippen molar-refractivity contribution in [2.75, 3.05) is 7.11 Å². The van der Waals surface area contributed by atoms with Crippen molar-refractivity contribution in [3.8, 4) is 0 Å². The molecule has 0 aliphatic heterocycles. The number of benzene rings is 1. The van der Waals surface area contributed by atoms with Gasteiger partial charge in [-0.3, -0.25) is 9.59 Å². The summed E-state index contributed by atoms with van der Waals surface area (Å²) < 4.78 is 5.02. The van der Waals surface area contributed by atoms with Crippen LogP contribution in [0, 0.1) is 0 Å². The minimum absolute atomic E-state index is 0.0759. The first kappa shape index (κ1) is 17.2. The topological polar surface area (TPSA) is 75.6 Å². The summed E-state index contributed by atoms with van der Waals surface area (Å²) in [7, 11) is 1.61. The molecule has 0 aromatic heterocycles. The van der Waals surface area contributed by atoms with Crippen molar-refractivity contribution in [1.82, 2.24) is 5.32 Å². The number of carboxylic acids is 1. The van der Waals surface area contributed by atoms with E-state index in [1.165, 1.54) is 0 Å². The molecule has 2 N–H and O–H groups in total. The number of aliphatic carboxylic acids is 1. The maximum Gasteiger partial charge on any atom is 0.305 e. The molecule has 1 rings (SSSR count). The van der Waals surface area contributed by atoms with Gasteiger partial charge in [-0.2, -0.15) is 0 Å². The Bertz CT molecular complexity index is 478. The van der Waals surface area contributed by atoms with Gasteiger partial charge in [0.05, 0.1) is 18.6 Å². The quantitative estimate of drug-likeness (QED) is 0.772. The van der Waals surface area contributed by atoms with Crippen molar-refractivity contribution in [3.05, 3.63) is 35.4 Å². The molecule has 0 atom stereocenters. The predicted molar refractivity (Wildman–Crippen MR) is 80.2 cm³/mol. The van der Waals surface area contributed by atoms with Crippen molar-refractivity contribution in [2.45, 2.75) is 45.3 Å². The van der Waals surface area contributed by atoms with Gasteiger partial charge in [0.15, 0.2) is 0 Å². The van der Waals surface area contributed by atoms with Crippen LogP contribution in [0.4, 0.5) is 0 Å². The number of carbonyl (C=O) groups is 2. The summed E-state index contributed by atoms with van der Waals surface area (Å²) in [6.45, 7) is 4.26. The first-order valence-corrected chi connectivity index (χ1v) is 7.08. The van der Waals surface area contributed by atoms with Gasteiger partial charge < -0.3 is 15.2 Å². The van der Waals surface area contributed by atoms with Crippen LogP contribution in [0.1, 0.15) is 49.0 Å². The maximum atomic E-state index is 12.3. The lowest BCUT2D eigenvalue weighted by Crippen LogP contribution is -2.49. The number of hydrogen-bond acceptors (Lipinski definition) is 3. The zero-order chi connectivity index (χ0) is 15.9. The molecular weight excluding hydrogens is 270 g/mol. The lowest BCUT2D eigenvalue weighted by Gasteiger charge is -2.31. The lowest BCUT2D eigenvalue weighted by molar-refractivity contribution is -0.138. The van der Waals surface area contributed by atoms with Crippen molar-refractivity contribution in [2.24, 2.45) is 0 Å². The van der Waals surface area contributed by atoms with Crippen LogP contribution in [0.3, 0.4) is 0 Å². The van der Waals surface area contributed by atoms with E-state index in [2.05, 4.69) is 5.32 Å². The van der Waals surface area contributed by atoms with Crippen molar-refractivity contribution >= 4 is 11.9 Å². The smallest absolute Gasteiger partial charge is 0.305 e. The number of ether oxygens (including phenoxy) is 1. The minimum atomic E-state index is -0.908. The molecule has 0 radical (unpaired) electrons. The van der Waals surface area contributed by atoms with Crippen LogP contribution >= 0.6 is 0 Å². The average molecular weight is 293 g/mol. The van der Waals surface area contributed by atoms with E-state index in [0.717, 1.165) is 5.56 Å². The Hall–Kier alpha value is -1.88. The van der Waals surface area contributed by atoms with Gasteiger partial charge in [0, 0.05) is 12.7 Å². The van der Waals surface area contributed by atoms with Crippen LogP contribution in [0.15, 0.2) is 24.3 Å². The minimum Gasteiger partial charge on any atom is -0.481 e. The van der Waals surface area contributed by atoms with Crippen LogP contribution in [-0.2, 0) is 16.1 Å². The van der Waals surface area contributed by atoms with Crippen molar-refractivity contribution in [1.29, 1.82) is 0 Å². The van der Waals surface area contributed by atoms with Crippen LogP contribution in [0.25, 0.3) is 0 Å². The van der Waals surface area contributed by atoms with Gasteiger partial charge in [0.25, 0.3) is 5.91 Å². The Balaban J connectivity index is 2.83. The Morgan fingerprint density at radius 3 is 2.19 bits per heavy atom. The van der Waals surface area contributed by atoms with Gasteiger partial charge in [-0.15, -0.1) is 0 Å². The molecule has 0 spiro atoms. The highest BCUT2D eigenvalue weighted by molar-refractivity contribution is 5.95. The van der Waals surface area contributed by atoms with Crippen LogP contribution in [0.2, 0.25) is 0 Å². The Kier molecular flexibility index (Phi) is 6.37. The summed E-state index contributed by atoms with van der Waals surface area (Å²) in [6, 6.07) is 7.10. The number of rotatable bonds is 8. The fourth-order valence-electron chi connectivity index (χ4n) is 2.24. The highest BCUT2D eigenvalue weighted by Gasteiger charge is 2.31. The zero-order valence-electron chi connectivity index (χ0n) is 12.8. The first-order chi connectivity index (χ1) is 9.96. The molecule has 116 valence electrons. The zero-order valence-corrected chi connectivity index (χ0v) is 12.8. The monoisotopic (exact) mass is 293 g/mol. The van der Waals surface area contributed by atoms with Gasteiger partial charge in [0.1, 0.15) is 0 Å². The molecule has 0 fully saturated rings. The van der Waals surface area contributed by atoms with E-state index in [9.17, 15) is 9.59 Å². The molecule has 0 unspecified atom stereocenters. The second-order valence-electron chi connectivity index (χ2n) is 5.14. The summed E-state index contributed by atoms with van der Waals surface area (Å²) in [4.78, 5) is 23.3. The van der Waals surface area contributed by atoms with Crippen molar-refractivity contribution < 1.29 is 19.4 Å². The van der Waals surface area contributed by atoms with Gasteiger partial charge in [-0.25, -0.2) is 0 Å². The van der Waals surface area contributed by atoms with Crippen LogP contribution < -0.4 is 5.32 Å². The molecule has 1 aromatic carbocycles. The van der Waals surface area contributed by atoms with E-state index in [4.69, 9.17) is 9.84 Å². The Morgan fingerprint density at radius 2 is 1.76 bits per heavy atom. The largest absolute Gasteiger partial charge is 0.481 e. The third kappa shape index (κ3) is 4.86. The van der Waals surface area contributed by atoms with E-state index < -0.39 is 11.5 Å². The molecule has 0 bridgehead atoms. The molecule has 0 aliphatic carbocycles. The molecule has 5 nitrogen and oxygen atoms in total. The normalized spacial score (nSPS) is 11.2. The Labute approximate surface area is 125 Å². The predicted octanol–water partition coefficient (Wildman–Crippen LogP) is 2.60. The molecule has 0 saturated carbocycles. The van der Waals surface area contributed by atoms with E-state index in [-0.39, 0.29) is 12.3 Å². The standard InChI is InChI=1S/C16H23NO4/c1-4-16(5-2,10-14(18)19)17-15(20)13-8-6-12(7-9-13)11-21-3/h6-9H,4-5,10-11H2,1-3H3,(H,17,20)(H,18,19). The number of carbonyl (C=O) groups excluding carboxylic acids is 1. The summed E-state index contributed by atoms with van der Waals surface area (Å²) in [6.07, 6.45) is 1.07. The van der Waals surface area contributed by atoms with Gasteiger partial charge in [-0.05, 0) is 30.5 Å². The van der Waals surface area contributed by atoms with Gasteiger partial charge >= 0.3 is 5.97 Å². The second-order valence-corrected chi connectivity index (χ2v) is 5.14. The number of amides is 1. The number of hydrogen-bond donors (Lipinski definition) is 2. The third-order valence-corrected chi connectivity index (χ3v) is 3.75. The van der Waals surface area contributed by atoms with E-state index in [1.807, 2.05) is 26.0 Å². The Morgan fingerprint density at radius 1 is 1.19 bits per heavy atom. The summed E-state index contributed by atoms with van der Waals surface area (Å²) >= 11 is 0. The number of methoxy groups -OCH3 is 1. The fourth-order valence-corrected chi connectivity index (χ4v) is 2.24. The molecule has 1 amide bonds. The fraction of sp³-hybridized carbons (Fsp3) is 0.500. The van der Waals surface area contributed by atoms with Crippen molar-refractivity contribution in [3.63, 3.8) is 0 Å². The molecular formula is C16H23NO4. The van der Waals surface area contributed by atoms with Gasteiger partial charge in [0.2, 0.25) is 0 Å². The average Bonchev–Trinajstić information content (AvgIpc) is 2.47. The molecule has 0 heterocycles. The first-order valence-electron chi connectivity index (χ1n) is 7.08. The summed E-state index contributed by atoms with van der Waals surface area (Å²) in [5.74, 6) is -1.15.